The molecule has 1 fully saturated rings. The minimum Gasteiger partial charge on any atom is -0.385 e. The first-order valence-corrected chi connectivity index (χ1v) is 4.01. The molecule has 1 heteroatoms. The van der Waals surface area contributed by atoms with E-state index in [1.807, 2.05) is 0 Å². The minimum absolute atomic E-state index is 0.763. The molecule has 1 aliphatic carbocycles. The molecule has 0 radical (unpaired) electrons. The summed E-state index contributed by atoms with van der Waals surface area (Å²) in [5.74, 6) is 0.763. The molecule has 0 aromatic heterocycles. The predicted molar refractivity (Wildman–Crippen MR) is 42.6 cm³/mol. The van der Waals surface area contributed by atoms with E-state index in [9.17, 15) is 0 Å². The highest BCUT2D eigenvalue weighted by Gasteiger charge is 2.16. The molecule has 1 aliphatic heterocycles. The monoisotopic (exact) mass is 135 g/mol. The molecule has 1 unspecified atom stereocenters. The molecule has 10 heavy (non-hydrogen) atoms. The van der Waals surface area contributed by atoms with Gasteiger partial charge in [0.05, 0.1) is 0 Å². The SMILES string of the molecule is CC1C=C2CCNC2=CC1. The Kier molecular flexibility index (Phi) is 1.30. The Morgan fingerprint density at radius 2 is 2.50 bits per heavy atom. The average molecular weight is 135 g/mol. The summed E-state index contributed by atoms with van der Waals surface area (Å²) in [5, 5.41) is 3.37. The maximum atomic E-state index is 3.37. The Morgan fingerprint density at radius 3 is 3.40 bits per heavy atom. The lowest BCUT2D eigenvalue weighted by Crippen LogP contribution is -2.06. The Labute approximate surface area is 61.8 Å². The van der Waals surface area contributed by atoms with E-state index in [0.717, 1.165) is 12.5 Å². The Morgan fingerprint density at radius 1 is 1.60 bits per heavy atom. The van der Waals surface area contributed by atoms with Crippen LogP contribution in [0.15, 0.2) is 23.4 Å². The van der Waals surface area contributed by atoms with Gasteiger partial charge in [-0.2, -0.15) is 0 Å². The van der Waals surface area contributed by atoms with Crippen molar-refractivity contribution in [1.82, 2.24) is 5.32 Å². The molecule has 1 nitrogen and oxygen atoms in total. The van der Waals surface area contributed by atoms with Gasteiger partial charge in [-0.15, -0.1) is 0 Å². The Balaban J connectivity index is 2.27. The fraction of sp³-hybridized carbons (Fsp3) is 0.556. The third kappa shape index (κ3) is 0.859. The number of rotatable bonds is 0. The predicted octanol–water partition coefficient (Wildman–Crippen LogP) is 1.83. The number of hydrogen-bond donors (Lipinski definition) is 1. The standard InChI is InChI=1S/C9H13N/c1-7-2-3-9-8(6-7)4-5-10-9/h3,6-7,10H,2,4-5H2,1H3. The van der Waals surface area contributed by atoms with Crippen molar-refractivity contribution >= 4 is 0 Å². The summed E-state index contributed by atoms with van der Waals surface area (Å²) < 4.78 is 0. The fourth-order valence-electron chi connectivity index (χ4n) is 1.67. The lowest BCUT2D eigenvalue weighted by Gasteiger charge is -2.12. The fourth-order valence-corrected chi connectivity index (χ4v) is 1.67. The molecule has 54 valence electrons. The van der Waals surface area contributed by atoms with Crippen LogP contribution in [-0.2, 0) is 0 Å². The third-order valence-electron chi connectivity index (χ3n) is 2.24. The van der Waals surface area contributed by atoms with E-state index < -0.39 is 0 Å². The summed E-state index contributed by atoms with van der Waals surface area (Å²) in [6, 6.07) is 0. The lowest BCUT2D eigenvalue weighted by atomic mass is 9.96. The first kappa shape index (κ1) is 6.02. The summed E-state index contributed by atoms with van der Waals surface area (Å²) >= 11 is 0. The van der Waals surface area contributed by atoms with Crippen molar-refractivity contribution in [3.05, 3.63) is 23.4 Å². The summed E-state index contributed by atoms with van der Waals surface area (Å²) in [6.45, 7) is 3.42. The van der Waals surface area contributed by atoms with Crippen molar-refractivity contribution in [2.45, 2.75) is 19.8 Å². The summed E-state index contributed by atoms with van der Waals surface area (Å²) in [6.07, 6.45) is 7.17. The lowest BCUT2D eigenvalue weighted by molar-refractivity contribution is 0.719. The van der Waals surface area contributed by atoms with Crippen molar-refractivity contribution in [3.8, 4) is 0 Å². The smallest absolute Gasteiger partial charge is 0.0330 e. The Hall–Kier alpha value is -0.720. The second-order valence-electron chi connectivity index (χ2n) is 3.20. The quantitative estimate of drug-likeness (QED) is 0.534. The van der Waals surface area contributed by atoms with Crippen LogP contribution < -0.4 is 5.32 Å². The molecule has 0 spiro atoms. The highest BCUT2D eigenvalue weighted by atomic mass is 14.9. The minimum atomic E-state index is 0.763. The van der Waals surface area contributed by atoms with Crippen LogP contribution in [0.5, 0.6) is 0 Å². The molecule has 0 amide bonds. The van der Waals surface area contributed by atoms with Crippen LogP contribution in [0.3, 0.4) is 0 Å². The van der Waals surface area contributed by atoms with E-state index in [1.54, 1.807) is 5.57 Å². The summed E-state index contributed by atoms with van der Waals surface area (Å²) in [5.41, 5.74) is 2.94. The summed E-state index contributed by atoms with van der Waals surface area (Å²) in [4.78, 5) is 0. The van der Waals surface area contributed by atoms with E-state index >= 15 is 0 Å². The number of hydrogen-bond acceptors (Lipinski definition) is 1. The summed E-state index contributed by atoms with van der Waals surface area (Å²) in [7, 11) is 0. The van der Waals surface area contributed by atoms with E-state index in [-0.39, 0.29) is 0 Å². The number of nitrogens with one attached hydrogen (secondary N) is 1. The molecule has 1 N–H and O–H groups in total. The third-order valence-corrected chi connectivity index (χ3v) is 2.24. The van der Waals surface area contributed by atoms with E-state index in [0.29, 0.717) is 0 Å². The van der Waals surface area contributed by atoms with Gasteiger partial charge >= 0.3 is 0 Å². The zero-order valence-corrected chi connectivity index (χ0v) is 6.35. The molecule has 1 saturated heterocycles. The van der Waals surface area contributed by atoms with Crippen molar-refractivity contribution in [2.75, 3.05) is 6.54 Å². The van der Waals surface area contributed by atoms with Gasteiger partial charge in [-0.05, 0) is 24.3 Å². The molecular weight excluding hydrogens is 122 g/mol. The zero-order chi connectivity index (χ0) is 6.97. The normalized spacial score (nSPS) is 30.3. The molecule has 0 bridgehead atoms. The zero-order valence-electron chi connectivity index (χ0n) is 6.35. The second kappa shape index (κ2) is 2.15. The molecule has 0 aromatic rings. The van der Waals surface area contributed by atoms with Gasteiger partial charge in [-0.1, -0.05) is 19.1 Å². The van der Waals surface area contributed by atoms with E-state index in [1.165, 1.54) is 18.5 Å². The van der Waals surface area contributed by atoms with Crippen molar-refractivity contribution in [2.24, 2.45) is 5.92 Å². The molecule has 2 rings (SSSR count). The van der Waals surface area contributed by atoms with Crippen LogP contribution in [0, 0.1) is 5.92 Å². The van der Waals surface area contributed by atoms with Gasteiger partial charge in [0.25, 0.3) is 0 Å². The Bertz CT molecular complexity index is 201. The molecule has 0 aromatic carbocycles. The van der Waals surface area contributed by atoms with Gasteiger partial charge in [0.15, 0.2) is 0 Å². The van der Waals surface area contributed by atoms with Crippen molar-refractivity contribution in [1.29, 1.82) is 0 Å². The van der Waals surface area contributed by atoms with Crippen LogP contribution in [0.1, 0.15) is 19.8 Å². The largest absolute Gasteiger partial charge is 0.385 e. The maximum absolute atomic E-state index is 3.37. The van der Waals surface area contributed by atoms with Crippen LogP contribution in [0.4, 0.5) is 0 Å². The first-order valence-electron chi connectivity index (χ1n) is 4.01. The van der Waals surface area contributed by atoms with Crippen LogP contribution in [0.2, 0.25) is 0 Å². The van der Waals surface area contributed by atoms with Gasteiger partial charge < -0.3 is 5.32 Å². The molecule has 2 aliphatic rings. The molecular formula is C9H13N. The number of allylic oxidation sites excluding steroid dienone is 3. The van der Waals surface area contributed by atoms with Crippen LogP contribution in [-0.4, -0.2) is 6.54 Å². The van der Waals surface area contributed by atoms with Crippen LogP contribution >= 0.6 is 0 Å². The highest BCUT2D eigenvalue weighted by Crippen LogP contribution is 2.26. The van der Waals surface area contributed by atoms with Gasteiger partial charge in [0.1, 0.15) is 0 Å². The average Bonchev–Trinajstić information content (AvgIpc) is 2.33. The van der Waals surface area contributed by atoms with Gasteiger partial charge in [-0.25, -0.2) is 0 Å². The molecule has 1 heterocycles. The van der Waals surface area contributed by atoms with Crippen molar-refractivity contribution in [3.63, 3.8) is 0 Å². The first-order chi connectivity index (χ1) is 4.86. The van der Waals surface area contributed by atoms with E-state index in [4.69, 9.17) is 0 Å². The topological polar surface area (TPSA) is 12.0 Å². The molecule has 1 atom stereocenters. The maximum Gasteiger partial charge on any atom is 0.0330 e. The van der Waals surface area contributed by atoms with Crippen LogP contribution in [0.25, 0.3) is 0 Å². The van der Waals surface area contributed by atoms with Crippen molar-refractivity contribution < 1.29 is 0 Å². The number of fused-ring (bicyclic) bond motifs is 1. The molecule has 0 saturated carbocycles. The van der Waals surface area contributed by atoms with Gasteiger partial charge in [-0.3, -0.25) is 0 Å². The van der Waals surface area contributed by atoms with E-state index in [2.05, 4.69) is 24.4 Å². The van der Waals surface area contributed by atoms with Gasteiger partial charge in [0, 0.05) is 12.2 Å². The second-order valence-corrected chi connectivity index (χ2v) is 3.20. The highest BCUT2D eigenvalue weighted by molar-refractivity contribution is 5.36. The van der Waals surface area contributed by atoms with Gasteiger partial charge in [0.2, 0.25) is 0 Å².